The third kappa shape index (κ3) is 3.01. The van der Waals surface area contributed by atoms with Gasteiger partial charge in [-0.15, -0.1) is 0 Å². The summed E-state index contributed by atoms with van der Waals surface area (Å²) in [5.41, 5.74) is 1.72. The summed E-state index contributed by atoms with van der Waals surface area (Å²) in [6.07, 6.45) is 1.18. The number of aryl methyl sites for hydroxylation is 1. The number of carbonyl (C=O) groups excluding carboxylic acids is 3. The predicted molar refractivity (Wildman–Crippen MR) is 111 cm³/mol. The van der Waals surface area contributed by atoms with Crippen LogP contribution in [0.1, 0.15) is 41.4 Å². The second-order valence-corrected chi connectivity index (χ2v) is 7.44. The average molecular weight is 389 g/mol. The Morgan fingerprint density at radius 3 is 2.45 bits per heavy atom. The zero-order valence-corrected chi connectivity index (χ0v) is 16.5. The number of nitrogens with one attached hydrogen (secondary N) is 2. The number of nitrogens with zero attached hydrogens (tertiary/aromatic N) is 1. The number of imide groups is 1. The van der Waals surface area contributed by atoms with Crippen LogP contribution in [0.25, 0.3) is 10.9 Å². The fraction of sp³-hybridized carbons (Fsp3) is 0.261. The summed E-state index contributed by atoms with van der Waals surface area (Å²) in [5.74, 6) is -0.634. The number of aromatic nitrogens is 1. The molecule has 1 aliphatic rings. The van der Waals surface area contributed by atoms with Crippen LogP contribution in [0, 0.1) is 6.92 Å². The van der Waals surface area contributed by atoms with Crippen LogP contribution in [0.4, 0.5) is 4.79 Å². The van der Waals surface area contributed by atoms with E-state index >= 15 is 0 Å². The standard InChI is InChI=1S/C23H23N3O3/c1-3-13-23(16-9-5-4-6-10-16)21(28)26(22(29)25-23)14-19(27)20-15(2)24-18-12-8-7-11-17(18)20/h4-12,24H,3,13-14H2,1-2H3,(H,25,29)/t23-/m1/s1. The molecule has 6 heteroatoms. The summed E-state index contributed by atoms with van der Waals surface area (Å²) in [6.45, 7) is 3.50. The van der Waals surface area contributed by atoms with Gasteiger partial charge in [-0.05, 0) is 25.0 Å². The minimum atomic E-state index is -1.12. The van der Waals surface area contributed by atoms with Gasteiger partial charge in [-0.1, -0.05) is 61.9 Å². The molecular weight excluding hydrogens is 366 g/mol. The molecule has 2 heterocycles. The SMILES string of the molecule is CCC[C@]1(c2ccccc2)NC(=O)N(CC(=O)c2c(C)[nH]c3ccccc23)C1=O. The number of Topliss-reactive ketones (excluding diaryl/α,β-unsaturated/α-hetero) is 1. The maximum absolute atomic E-state index is 13.4. The highest BCUT2D eigenvalue weighted by atomic mass is 16.2. The minimum absolute atomic E-state index is 0.260. The van der Waals surface area contributed by atoms with E-state index in [1.165, 1.54) is 0 Å². The molecule has 0 aliphatic carbocycles. The molecule has 29 heavy (non-hydrogen) atoms. The second-order valence-electron chi connectivity index (χ2n) is 7.44. The molecule has 2 aromatic carbocycles. The number of para-hydroxylation sites is 1. The molecule has 1 atom stereocenters. The van der Waals surface area contributed by atoms with Gasteiger partial charge in [0.05, 0.1) is 6.54 Å². The molecule has 0 radical (unpaired) electrons. The molecule has 1 aliphatic heterocycles. The van der Waals surface area contributed by atoms with E-state index in [1.807, 2.05) is 68.4 Å². The minimum Gasteiger partial charge on any atom is -0.358 e. The number of hydrogen-bond donors (Lipinski definition) is 2. The van der Waals surface area contributed by atoms with Crippen molar-refractivity contribution in [2.45, 2.75) is 32.2 Å². The second kappa shape index (κ2) is 7.20. The molecule has 3 aromatic rings. The molecule has 0 bridgehead atoms. The Kier molecular flexibility index (Phi) is 4.70. The number of hydrogen-bond acceptors (Lipinski definition) is 3. The van der Waals surface area contributed by atoms with Crippen molar-refractivity contribution in [1.29, 1.82) is 0 Å². The van der Waals surface area contributed by atoms with Crippen molar-refractivity contribution in [2.24, 2.45) is 0 Å². The first kappa shape index (κ1) is 18.9. The Balaban J connectivity index is 1.67. The first-order valence-corrected chi connectivity index (χ1v) is 9.78. The van der Waals surface area contributed by atoms with E-state index in [4.69, 9.17) is 0 Å². The number of carbonyl (C=O) groups is 3. The number of benzene rings is 2. The molecule has 1 saturated heterocycles. The van der Waals surface area contributed by atoms with E-state index in [1.54, 1.807) is 0 Å². The molecule has 148 valence electrons. The molecule has 1 aromatic heterocycles. The van der Waals surface area contributed by atoms with Crippen molar-refractivity contribution in [3.05, 3.63) is 71.4 Å². The fourth-order valence-electron chi connectivity index (χ4n) is 4.24. The summed E-state index contributed by atoms with van der Waals surface area (Å²) in [6, 6.07) is 16.2. The van der Waals surface area contributed by atoms with E-state index in [-0.39, 0.29) is 18.2 Å². The van der Waals surface area contributed by atoms with Crippen molar-refractivity contribution < 1.29 is 14.4 Å². The van der Waals surface area contributed by atoms with Gasteiger partial charge in [-0.3, -0.25) is 14.5 Å². The third-order valence-electron chi connectivity index (χ3n) is 5.54. The van der Waals surface area contributed by atoms with Gasteiger partial charge < -0.3 is 10.3 Å². The van der Waals surface area contributed by atoms with Crippen LogP contribution in [0.15, 0.2) is 54.6 Å². The number of aromatic amines is 1. The van der Waals surface area contributed by atoms with Gasteiger partial charge in [-0.2, -0.15) is 0 Å². The highest BCUT2D eigenvalue weighted by Crippen LogP contribution is 2.34. The average Bonchev–Trinajstić information content (AvgIpc) is 3.18. The van der Waals surface area contributed by atoms with Crippen LogP contribution in [-0.2, 0) is 10.3 Å². The smallest absolute Gasteiger partial charge is 0.325 e. The fourth-order valence-corrected chi connectivity index (χ4v) is 4.24. The normalized spacial score (nSPS) is 19.0. The number of H-pyrrole nitrogens is 1. The predicted octanol–water partition coefficient (Wildman–Crippen LogP) is 3.91. The van der Waals surface area contributed by atoms with E-state index in [9.17, 15) is 14.4 Å². The van der Waals surface area contributed by atoms with Crippen molar-refractivity contribution in [2.75, 3.05) is 6.54 Å². The number of ketones is 1. The van der Waals surface area contributed by atoms with E-state index in [0.29, 0.717) is 18.4 Å². The summed E-state index contributed by atoms with van der Waals surface area (Å²) in [4.78, 5) is 43.4. The topological polar surface area (TPSA) is 82.3 Å². The number of urea groups is 1. The zero-order chi connectivity index (χ0) is 20.6. The largest absolute Gasteiger partial charge is 0.358 e. The van der Waals surface area contributed by atoms with Gasteiger partial charge in [0.1, 0.15) is 5.54 Å². The summed E-state index contributed by atoms with van der Waals surface area (Å²) >= 11 is 0. The quantitative estimate of drug-likeness (QED) is 0.495. The van der Waals surface area contributed by atoms with Crippen LogP contribution in [0.5, 0.6) is 0 Å². The lowest BCUT2D eigenvalue weighted by molar-refractivity contribution is -0.131. The molecule has 2 N–H and O–H groups in total. The van der Waals surface area contributed by atoms with Crippen LogP contribution in [-0.4, -0.2) is 34.2 Å². The number of amides is 3. The lowest BCUT2D eigenvalue weighted by atomic mass is 9.85. The molecule has 0 spiro atoms. The molecular formula is C23H23N3O3. The number of fused-ring (bicyclic) bond motifs is 1. The zero-order valence-electron chi connectivity index (χ0n) is 16.5. The molecule has 4 rings (SSSR count). The Hall–Kier alpha value is -3.41. The summed E-state index contributed by atoms with van der Waals surface area (Å²) in [7, 11) is 0. The highest BCUT2D eigenvalue weighted by Gasteiger charge is 2.52. The Morgan fingerprint density at radius 2 is 1.72 bits per heavy atom. The van der Waals surface area contributed by atoms with Crippen molar-refractivity contribution in [3.63, 3.8) is 0 Å². The molecule has 3 amide bonds. The van der Waals surface area contributed by atoms with Crippen LogP contribution >= 0.6 is 0 Å². The summed E-state index contributed by atoms with van der Waals surface area (Å²) in [5, 5.41) is 3.66. The molecule has 6 nitrogen and oxygen atoms in total. The van der Waals surface area contributed by atoms with Crippen LogP contribution in [0.3, 0.4) is 0 Å². The highest BCUT2D eigenvalue weighted by molar-refractivity contribution is 6.15. The van der Waals surface area contributed by atoms with Gasteiger partial charge in [0, 0.05) is 22.2 Å². The van der Waals surface area contributed by atoms with Gasteiger partial charge in [0.15, 0.2) is 5.78 Å². The Labute approximate surface area is 168 Å². The number of rotatable bonds is 6. The van der Waals surface area contributed by atoms with E-state index in [0.717, 1.165) is 27.1 Å². The molecule has 1 fully saturated rings. The lowest BCUT2D eigenvalue weighted by Gasteiger charge is -2.26. The first-order chi connectivity index (χ1) is 14.0. The molecule has 0 saturated carbocycles. The third-order valence-corrected chi connectivity index (χ3v) is 5.54. The van der Waals surface area contributed by atoms with Crippen LogP contribution < -0.4 is 5.32 Å². The van der Waals surface area contributed by atoms with Gasteiger partial charge in [0.25, 0.3) is 5.91 Å². The summed E-state index contributed by atoms with van der Waals surface area (Å²) < 4.78 is 0. The Morgan fingerprint density at radius 1 is 1.03 bits per heavy atom. The van der Waals surface area contributed by atoms with Crippen LogP contribution in [0.2, 0.25) is 0 Å². The maximum atomic E-state index is 13.4. The van der Waals surface area contributed by atoms with Crippen molar-refractivity contribution in [1.82, 2.24) is 15.2 Å². The first-order valence-electron chi connectivity index (χ1n) is 9.78. The monoisotopic (exact) mass is 389 g/mol. The van der Waals surface area contributed by atoms with Crippen molar-refractivity contribution in [3.8, 4) is 0 Å². The lowest BCUT2D eigenvalue weighted by Crippen LogP contribution is -2.44. The van der Waals surface area contributed by atoms with Gasteiger partial charge >= 0.3 is 6.03 Å². The van der Waals surface area contributed by atoms with Crippen molar-refractivity contribution >= 4 is 28.6 Å². The van der Waals surface area contributed by atoms with Gasteiger partial charge in [0.2, 0.25) is 0 Å². The maximum Gasteiger partial charge on any atom is 0.325 e. The molecule has 0 unspecified atom stereocenters. The van der Waals surface area contributed by atoms with E-state index in [2.05, 4.69) is 10.3 Å². The Bertz CT molecular complexity index is 1100. The van der Waals surface area contributed by atoms with E-state index < -0.39 is 11.6 Å². The van der Waals surface area contributed by atoms with Gasteiger partial charge in [-0.25, -0.2) is 4.79 Å².